The quantitative estimate of drug-likeness (QED) is 0.683. The van der Waals surface area contributed by atoms with Gasteiger partial charge in [-0.1, -0.05) is 12.1 Å². The molecule has 1 aromatic heterocycles. The topological polar surface area (TPSA) is 108 Å². The highest BCUT2D eigenvalue weighted by Crippen LogP contribution is 2.32. The molecular weight excluding hydrogens is 327 g/mol. The van der Waals surface area contributed by atoms with Crippen molar-refractivity contribution in [3.8, 4) is 0 Å². The normalized spacial score (nSPS) is 14.0. The van der Waals surface area contributed by atoms with E-state index in [2.05, 4.69) is 10.3 Å². The first-order valence-electron chi connectivity index (χ1n) is 6.71. The van der Waals surface area contributed by atoms with E-state index in [1.807, 2.05) is 0 Å². The first-order chi connectivity index (χ1) is 11.0. The predicted molar refractivity (Wildman–Crippen MR) is 79.0 cm³/mol. The second-order valence-corrected chi connectivity index (χ2v) is 5.27. The van der Waals surface area contributed by atoms with E-state index in [1.54, 1.807) is 0 Å². The molecule has 0 aliphatic heterocycles. The van der Waals surface area contributed by atoms with Crippen LogP contribution in [-0.4, -0.2) is 21.9 Å². The molecule has 0 saturated carbocycles. The van der Waals surface area contributed by atoms with Gasteiger partial charge in [0, 0.05) is 6.20 Å². The van der Waals surface area contributed by atoms with Crippen LogP contribution in [0, 0.1) is 0 Å². The molecule has 0 fully saturated rings. The number of nitrogens with one attached hydrogen (secondary N) is 2. The molecule has 128 valence electrons. The number of carbonyl (C=O) groups is 2. The summed E-state index contributed by atoms with van der Waals surface area (Å²) in [5, 5.41) is 12.6. The minimum Gasteiger partial charge on any atom is -0.376 e. The number of aromatic amines is 1. The fraction of sp³-hybridized carbons (Fsp3) is 0.200. The number of anilines is 1. The number of rotatable bonds is 4. The van der Waals surface area contributed by atoms with Gasteiger partial charge in [-0.05, 0) is 30.7 Å². The van der Waals surface area contributed by atoms with Crippen molar-refractivity contribution in [3.05, 3.63) is 53.3 Å². The van der Waals surface area contributed by atoms with Crippen LogP contribution in [0.1, 0.15) is 28.5 Å². The monoisotopic (exact) mass is 341 g/mol. The van der Waals surface area contributed by atoms with Gasteiger partial charge in [-0.3, -0.25) is 9.59 Å². The Kier molecular flexibility index (Phi) is 4.39. The summed E-state index contributed by atoms with van der Waals surface area (Å²) in [5.74, 6) is -1.71. The zero-order valence-corrected chi connectivity index (χ0v) is 12.4. The molecule has 5 N–H and O–H groups in total. The Morgan fingerprint density at radius 1 is 1.21 bits per heavy atom. The highest BCUT2D eigenvalue weighted by Gasteiger charge is 2.36. The molecule has 2 rings (SSSR count). The van der Waals surface area contributed by atoms with Gasteiger partial charge in [-0.25, -0.2) is 0 Å². The molecule has 9 heteroatoms. The van der Waals surface area contributed by atoms with Crippen LogP contribution >= 0.6 is 0 Å². The van der Waals surface area contributed by atoms with E-state index < -0.39 is 29.2 Å². The summed E-state index contributed by atoms with van der Waals surface area (Å²) in [6.07, 6.45) is -3.33. The number of aromatic nitrogens is 1. The number of hydrogen-bond donors (Lipinski definition) is 4. The van der Waals surface area contributed by atoms with Gasteiger partial charge in [0.25, 0.3) is 11.8 Å². The molecule has 1 heterocycles. The van der Waals surface area contributed by atoms with Gasteiger partial charge in [0.2, 0.25) is 0 Å². The van der Waals surface area contributed by atoms with E-state index in [0.717, 1.165) is 19.1 Å². The van der Waals surface area contributed by atoms with Crippen LogP contribution in [0.4, 0.5) is 18.9 Å². The van der Waals surface area contributed by atoms with E-state index >= 15 is 0 Å². The van der Waals surface area contributed by atoms with Crippen LogP contribution in [0.3, 0.4) is 0 Å². The van der Waals surface area contributed by atoms with E-state index in [4.69, 9.17) is 5.73 Å². The minimum atomic E-state index is -4.60. The first kappa shape index (κ1) is 17.5. The molecule has 0 spiro atoms. The predicted octanol–water partition coefficient (Wildman–Crippen LogP) is 1.98. The van der Waals surface area contributed by atoms with Crippen LogP contribution in [0.5, 0.6) is 0 Å². The third-order valence-corrected chi connectivity index (χ3v) is 3.40. The highest BCUT2D eigenvalue weighted by molar-refractivity contribution is 5.99. The van der Waals surface area contributed by atoms with Crippen LogP contribution in [-0.2, 0) is 16.6 Å². The number of nitrogens with two attached hydrogens (primary N) is 1. The lowest BCUT2D eigenvalue weighted by Crippen LogP contribution is -2.37. The number of hydrogen-bond acceptors (Lipinski definition) is 3. The summed E-state index contributed by atoms with van der Waals surface area (Å²) >= 11 is 0. The zero-order chi connectivity index (χ0) is 18.1. The van der Waals surface area contributed by atoms with Gasteiger partial charge in [-0.2, -0.15) is 13.2 Å². The number of halogens is 3. The van der Waals surface area contributed by atoms with E-state index in [-0.39, 0.29) is 16.9 Å². The average molecular weight is 341 g/mol. The number of H-pyrrole nitrogens is 1. The lowest BCUT2D eigenvalue weighted by molar-refractivity contribution is -0.138. The van der Waals surface area contributed by atoms with Crippen molar-refractivity contribution >= 4 is 17.5 Å². The number of alkyl halides is 3. The van der Waals surface area contributed by atoms with Crippen molar-refractivity contribution in [2.75, 3.05) is 5.32 Å². The Balaban J connectivity index is 2.25. The fourth-order valence-corrected chi connectivity index (χ4v) is 1.99. The molecule has 6 nitrogen and oxygen atoms in total. The van der Waals surface area contributed by atoms with Gasteiger partial charge in [0.05, 0.1) is 11.3 Å². The molecule has 2 aromatic rings. The molecule has 1 aromatic carbocycles. The Morgan fingerprint density at radius 2 is 1.83 bits per heavy atom. The summed E-state index contributed by atoms with van der Waals surface area (Å²) in [6, 6.07) is 5.08. The molecule has 1 atom stereocenters. The van der Waals surface area contributed by atoms with Crippen LogP contribution in [0.15, 0.2) is 36.5 Å². The average Bonchev–Trinajstić information content (AvgIpc) is 2.95. The first-order valence-corrected chi connectivity index (χ1v) is 6.71. The van der Waals surface area contributed by atoms with E-state index in [0.29, 0.717) is 6.07 Å². The van der Waals surface area contributed by atoms with Crippen LogP contribution < -0.4 is 11.1 Å². The molecule has 0 bridgehead atoms. The molecule has 1 unspecified atom stereocenters. The maximum Gasteiger partial charge on any atom is 0.416 e. The van der Waals surface area contributed by atoms with Gasteiger partial charge in [-0.15, -0.1) is 0 Å². The molecule has 24 heavy (non-hydrogen) atoms. The molecule has 0 saturated heterocycles. The summed E-state index contributed by atoms with van der Waals surface area (Å²) in [5.41, 5.74) is 1.81. The summed E-state index contributed by atoms with van der Waals surface area (Å²) in [7, 11) is 0. The van der Waals surface area contributed by atoms with E-state index in [1.165, 1.54) is 18.3 Å². The third kappa shape index (κ3) is 3.57. The summed E-state index contributed by atoms with van der Waals surface area (Å²) in [6.45, 7) is 1.07. The SMILES string of the molecule is CC(O)(C(=O)Nc1c[nH]c(C(N)=O)c1)c1cccc(C(F)(F)F)c1. The maximum absolute atomic E-state index is 12.8. The molecule has 0 aliphatic carbocycles. The standard InChI is InChI=1S/C15H14F3N3O3/c1-14(24,8-3-2-4-9(5-8)15(16,17)18)13(23)21-10-6-11(12(19)22)20-7-10/h2-7,20,24H,1H3,(H2,19,22)(H,21,23). The number of benzene rings is 1. The second kappa shape index (κ2) is 6.00. The van der Waals surface area contributed by atoms with Crippen molar-refractivity contribution < 1.29 is 27.9 Å². The number of carbonyl (C=O) groups excluding carboxylic acids is 2. The molecular formula is C15H14F3N3O3. The lowest BCUT2D eigenvalue weighted by Gasteiger charge is -2.23. The Labute approximate surface area is 134 Å². The van der Waals surface area contributed by atoms with Crippen molar-refractivity contribution in [1.82, 2.24) is 4.98 Å². The summed E-state index contributed by atoms with van der Waals surface area (Å²) < 4.78 is 38.3. The Morgan fingerprint density at radius 3 is 2.38 bits per heavy atom. The zero-order valence-electron chi connectivity index (χ0n) is 12.4. The smallest absolute Gasteiger partial charge is 0.376 e. The fourth-order valence-electron chi connectivity index (χ4n) is 1.99. The lowest BCUT2D eigenvalue weighted by atomic mass is 9.93. The van der Waals surface area contributed by atoms with Gasteiger partial charge >= 0.3 is 6.18 Å². The van der Waals surface area contributed by atoms with E-state index in [9.17, 15) is 27.9 Å². The van der Waals surface area contributed by atoms with Gasteiger partial charge in [0.15, 0.2) is 5.60 Å². The largest absolute Gasteiger partial charge is 0.416 e. The van der Waals surface area contributed by atoms with Crippen molar-refractivity contribution in [2.45, 2.75) is 18.7 Å². The van der Waals surface area contributed by atoms with Gasteiger partial charge < -0.3 is 21.1 Å². The Bertz CT molecular complexity index is 782. The number of primary amides is 1. The third-order valence-electron chi connectivity index (χ3n) is 3.40. The molecule has 0 aliphatic rings. The maximum atomic E-state index is 12.8. The van der Waals surface area contributed by atoms with Gasteiger partial charge in [0.1, 0.15) is 5.69 Å². The van der Waals surface area contributed by atoms with Crippen LogP contribution in [0.25, 0.3) is 0 Å². The second-order valence-electron chi connectivity index (χ2n) is 5.27. The number of aliphatic hydroxyl groups is 1. The Hall–Kier alpha value is -2.81. The molecule has 0 radical (unpaired) electrons. The van der Waals surface area contributed by atoms with Crippen molar-refractivity contribution in [1.29, 1.82) is 0 Å². The summed E-state index contributed by atoms with van der Waals surface area (Å²) in [4.78, 5) is 25.7. The van der Waals surface area contributed by atoms with Crippen LogP contribution in [0.2, 0.25) is 0 Å². The molecule has 2 amide bonds. The minimum absolute atomic E-state index is 0.0315. The number of amides is 2. The van der Waals surface area contributed by atoms with Crippen molar-refractivity contribution in [2.24, 2.45) is 5.73 Å². The van der Waals surface area contributed by atoms with Crippen molar-refractivity contribution in [3.63, 3.8) is 0 Å². The highest BCUT2D eigenvalue weighted by atomic mass is 19.4.